The normalized spacial score (nSPS) is 35.9. The SMILES string of the molecule is O=C(C1CC1O)N1CCCC1. The number of nitrogens with zero attached hydrogens (tertiary/aromatic N) is 1. The summed E-state index contributed by atoms with van der Waals surface area (Å²) in [6.07, 6.45) is 2.63. The highest BCUT2D eigenvalue weighted by Gasteiger charge is 2.44. The highest BCUT2D eigenvalue weighted by molar-refractivity contribution is 5.82. The molecule has 2 aliphatic rings. The van der Waals surface area contributed by atoms with Crippen molar-refractivity contribution in [1.29, 1.82) is 0 Å². The fourth-order valence-corrected chi connectivity index (χ4v) is 1.62. The molecule has 62 valence electrons. The molecule has 0 aromatic carbocycles. The maximum atomic E-state index is 11.4. The minimum atomic E-state index is -0.330. The van der Waals surface area contributed by atoms with Crippen molar-refractivity contribution >= 4 is 5.91 Å². The second-order valence-corrected chi connectivity index (χ2v) is 3.44. The maximum absolute atomic E-state index is 11.4. The molecule has 1 aliphatic carbocycles. The predicted octanol–water partition coefficient (Wildman–Crippen LogP) is -0.0104. The zero-order valence-corrected chi connectivity index (χ0v) is 6.49. The van der Waals surface area contributed by atoms with Gasteiger partial charge in [-0.3, -0.25) is 4.79 Å². The molecule has 3 nitrogen and oxygen atoms in total. The van der Waals surface area contributed by atoms with Crippen LogP contribution in [0.25, 0.3) is 0 Å². The van der Waals surface area contributed by atoms with Crippen LogP contribution >= 0.6 is 0 Å². The van der Waals surface area contributed by atoms with Crippen LogP contribution in [0.1, 0.15) is 19.3 Å². The molecular formula is C8H13NO2. The molecule has 1 heterocycles. The first-order valence-electron chi connectivity index (χ1n) is 4.26. The van der Waals surface area contributed by atoms with Crippen LogP contribution in [0.15, 0.2) is 0 Å². The van der Waals surface area contributed by atoms with Gasteiger partial charge in [-0.2, -0.15) is 0 Å². The Hall–Kier alpha value is -0.570. The third-order valence-electron chi connectivity index (χ3n) is 2.49. The van der Waals surface area contributed by atoms with Crippen LogP contribution in [0.4, 0.5) is 0 Å². The van der Waals surface area contributed by atoms with Crippen molar-refractivity contribution in [3.63, 3.8) is 0 Å². The molecule has 0 aromatic heterocycles. The number of carbonyl (C=O) groups is 1. The maximum Gasteiger partial charge on any atom is 0.228 e. The molecule has 0 spiro atoms. The summed E-state index contributed by atoms with van der Waals surface area (Å²) in [5.74, 6) is 0.128. The average Bonchev–Trinajstić information content (AvgIpc) is 2.56. The van der Waals surface area contributed by atoms with Gasteiger partial charge in [0.25, 0.3) is 0 Å². The topological polar surface area (TPSA) is 40.5 Å². The Morgan fingerprint density at radius 2 is 1.91 bits per heavy atom. The lowest BCUT2D eigenvalue weighted by Crippen LogP contribution is -2.29. The van der Waals surface area contributed by atoms with Gasteiger partial charge >= 0.3 is 0 Å². The summed E-state index contributed by atoms with van der Waals surface area (Å²) < 4.78 is 0. The molecule has 3 heteroatoms. The Morgan fingerprint density at radius 1 is 1.36 bits per heavy atom. The summed E-state index contributed by atoms with van der Waals surface area (Å²) in [5.41, 5.74) is 0. The van der Waals surface area contributed by atoms with Gasteiger partial charge in [-0.1, -0.05) is 0 Å². The first kappa shape index (κ1) is 7.10. The van der Waals surface area contributed by atoms with Crippen molar-refractivity contribution in [2.24, 2.45) is 5.92 Å². The highest BCUT2D eigenvalue weighted by Crippen LogP contribution is 2.32. The molecule has 1 saturated carbocycles. The number of likely N-dealkylation sites (tertiary alicyclic amines) is 1. The van der Waals surface area contributed by atoms with Crippen molar-refractivity contribution in [2.75, 3.05) is 13.1 Å². The molecule has 2 fully saturated rings. The van der Waals surface area contributed by atoms with E-state index in [4.69, 9.17) is 5.11 Å². The fraction of sp³-hybridized carbons (Fsp3) is 0.875. The van der Waals surface area contributed by atoms with E-state index < -0.39 is 0 Å². The van der Waals surface area contributed by atoms with E-state index in [-0.39, 0.29) is 17.9 Å². The van der Waals surface area contributed by atoms with Crippen LogP contribution in [-0.4, -0.2) is 35.1 Å². The van der Waals surface area contributed by atoms with Gasteiger partial charge in [0.1, 0.15) is 0 Å². The highest BCUT2D eigenvalue weighted by atomic mass is 16.3. The first-order chi connectivity index (χ1) is 5.29. The summed E-state index contributed by atoms with van der Waals surface area (Å²) in [6, 6.07) is 0. The van der Waals surface area contributed by atoms with Gasteiger partial charge in [0, 0.05) is 13.1 Å². The van der Waals surface area contributed by atoms with Crippen LogP contribution < -0.4 is 0 Å². The molecule has 1 saturated heterocycles. The second-order valence-electron chi connectivity index (χ2n) is 3.44. The van der Waals surface area contributed by atoms with Gasteiger partial charge in [0.2, 0.25) is 5.91 Å². The number of rotatable bonds is 1. The van der Waals surface area contributed by atoms with E-state index in [0.717, 1.165) is 25.9 Å². The van der Waals surface area contributed by atoms with E-state index in [9.17, 15) is 4.79 Å². The summed E-state index contributed by atoms with van der Waals surface area (Å²) in [7, 11) is 0. The van der Waals surface area contributed by atoms with Gasteiger partial charge in [-0.15, -0.1) is 0 Å². The third kappa shape index (κ3) is 1.25. The minimum Gasteiger partial charge on any atom is -0.392 e. The number of carbonyl (C=O) groups excluding carboxylic acids is 1. The molecule has 0 aromatic rings. The molecule has 11 heavy (non-hydrogen) atoms. The second kappa shape index (κ2) is 2.48. The molecule has 2 atom stereocenters. The van der Waals surface area contributed by atoms with Crippen LogP contribution in [-0.2, 0) is 4.79 Å². The average molecular weight is 155 g/mol. The third-order valence-corrected chi connectivity index (χ3v) is 2.49. The largest absolute Gasteiger partial charge is 0.392 e. The lowest BCUT2D eigenvalue weighted by atomic mass is 10.3. The quantitative estimate of drug-likeness (QED) is 0.578. The number of hydrogen-bond acceptors (Lipinski definition) is 2. The zero-order valence-electron chi connectivity index (χ0n) is 6.49. The summed E-state index contributed by atoms with van der Waals surface area (Å²) in [4.78, 5) is 13.3. The van der Waals surface area contributed by atoms with Gasteiger partial charge in [-0.05, 0) is 19.3 Å². The number of aliphatic hydroxyl groups is 1. The number of amides is 1. The van der Waals surface area contributed by atoms with Gasteiger partial charge in [0.05, 0.1) is 12.0 Å². The van der Waals surface area contributed by atoms with Crippen molar-refractivity contribution in [3.05, 3.63) is 0 Å². The van der Waals surface area contributed by atoms with Crippen LogP contribution in [0.5, 0.6) is 0 Å². The number of aliphatic hydroxyl groups excluding tert-OH is 1. The molecule has 2 rings (SSSR count). The van der Waals surface area contributed by atoms with Crippen LogP contribution in [0.2, 0.25) is 0 Å². The first-order valence-corrected chi connectivity index (χ1v) is 4.26. The zero-order chi connectivity index (χ0) is 7.84. The van der Waals surface area contributed by atoms with E-state index in [0.29, 0.717) is 6.42 Å². The van der Waals surface area contributed by atoms with E-state index in [1.165, 1.54) is 0 Å². The number of hydrogen-bond donors (Lipinski definition) is 1. The van der Waals surface area contributed by atoms with Crippen molar-refractivity contribution in [2.45, 2.75) is 25.4 Å². The lowest BCUT2D eigenvalue weighted by Gasteiger charge is -2.13. The Kier molecular flexibility index (Phi) is 1.60. The standard InChI is InChI=1S/C8H13NO2/c10-7-5-6(7)8(11)9-3-1-2-4-9/h6-7,10H,1-5H2. The lowest BCUT2D eigenvalue weighted by molar-refractivity contribution is -0.132. The molecule has 1 N–H and O–H groups in total. The van der Waals surface area contributed by atoms with Crippen molar-refractivity contribution < 1.29 is 9.90 Å². The van der Waals surface area contributed by atoms with Crippen molar-refractivity contribution in [1.82, 2.24) is 4.90 Å². The van der Waals surface area contributed by atoms with Gasteiger partial charge in [0.15, 0.2) is 0 Å². The van der Waals surface area contributed by atoms with E-state index in [1.807, 2.05) is 4.90 Å². The monoisotopic (exact) mass is 155 g/mol. The van der Waals surface area contributed by atoms with Crippen LogP contribution in [0.3, 0.4) is 0 Å². The van der Waals surface area contributed by atoms with Gasteiger partial charge in [-0.25, -0.2) is 0 Å². The summed E-state index contributed by atoms with van der Waals surface area (Å²) in [6.45, 7) is 1.81. The fourth-order valence-electron chi connectivity index (χ4n) is 1.62. The van der Waals surface area contributed by atoms with E-state index in [2.05, 4.69) is 0 Å². The Labute approximate surface area is 66.0 Å². The smallest absolute Gasteiger partial charge is 0.228 e. The molecule has 2 unspecified atom stereocenters. The Morgan fingerprint density at radius 3 is 2.36 bits per heavy atom. The molecular weight excluding hydrogens is 142 g/mol. The molecule has 1 amide bonds. The van der Waals surface area contributed by atoms with E-state index >= 15 is 0 Å². The molecule has 0 radical (unpaired) electrons. The van der Waals surface area contributed by atoms with Crippen LogP contribution in [0, 0.1) is 5.92 Å². The Balaban J connectivity index is 1.89. The molecule has 1 aliphatic heterocycles. The predicted molar refractivity (Wildman–Crippen MR) is 39.9 cm³/mol. The summed E-state index contributed by atoms with van der Waals surface area (Å²) >= 11 is 0. The van der Waals surface area contributed by atoms with Gasteiger partial charge < -0.3 is 10.0 Å². The Bertz CT molecular complexity index is 175. The van der Waals surface area contributed by atoms with E-state index in [1.54, 1.807) is 0 Å². The molecule has 0 bridgehead atoms. The van der Waals surface area contributed by atoms with Crippen molar-refractivity contribution in [3.8, 4) is 0 Å². The summed E-state index contributed by atoms with van der Waals surface area (Å²) in [5, 5.41) is 9.01. The minimum absolute atomic E-state index is 0.0481.